The van der Waals surface area contributed by atoms with Crippen LogP contribution < -0.4 is 5.32 Å². The molecule has 134 valence electrons. The number of carbonyl (C=O) groups excluding carboxylic acids is 1. The van der Waals surface area contributed by atoms with Crippen LogP contribution in [0.15, 0.2) is 36.4 Å². The minimum atomic E-state index is -0.277. The molecular weight excluding hydrogens is 334 g/mol. The fraction of sp³-hybridized carbons (Fsp3) is 0.381. The number of phenols is 1. The van der Waals surface area contributed by atoms with Crippen LogP contribution in [0.25, 0.3) is 0 Å². The Hall–Kier alpha value is -2.00. The largest absolute Gasteiger partial charge is 0.507 e. The number of carbonyl (C=O) groups is 1. The van der Waals surface area contributed by atoms with E-state index >= 15 is 0 Å². The average molecular weight is 360 g/mol. The smallest absolute Gasteiger partial charge is 0.255 e. The maximum Gasteiger partial charge on any atom is 0.255 e. The standard InChI is InChI=1S/C21H26ClNO2/c1-20(2,3)16-11-13(12-17(18(16)24)21(4,5)6)19(25)23-15-9-7-14(22)8-10-15/h7-12,24H,1-6H3,(H,23,25). The number of aromatic hydroxyl groups is 1. The van der Waals surface area contributed by atoms with Crippen molar-refractivity contribution in [1.29, 1.82) is 0 Å². The van der Waals surface area contributed by atoms with Gasteiger partial charge in [-0.15, -0.1) is 0 Å². The Morgan fingerprint density at radius 2 is 1.36 bits per heavy atom. The molecule has 0 aliphatic carbocycles. The van der Waals surface area contributed by atoms with E-state index in [2.05, 4.69) is 5.32 Å². The molecule has 3 nitrogen and oxygen atoms in total. The average Bonchev–Trinajstić information content (AvgIpc) is 2.47. The molecule has 0 aliphatic rings. The van der Waals surface area contributed by atoms with Crippen LogP contribution >= 0.6 is 11.6 Å². The van der Waals surface area contributed by atoms with Gasteiger partial charge in [0.2, 0.25) is 0 Å². The second kappa shape index (κ2) is 6.72. The number of phenolic OH excluding ortho intramolecular Hbond substituents is 1. The van der Waals surface area contributed by atoms with Gasteiger partial charge < -0.3 is 10.4 Å². The number of halogens is 1. The van der Waals surface area contributed by atoms with Gasteiger partial charge >= 0.3 is 0 Å². The molecule has 1 amide bonds. The minimum absolute atomic E-state index is 0.210. The van der Waals surface area contributed by atoms with Gasteiger partial charge in [-0.05, 0) is 47.2 Å². The quantitative estimate of drug-likeness (QED) is 0.702. The lowest BCUT2D eigenvalue weighted by Crippen LogP contribution is -2.20. The second-order valence-corrected chi connectivity index (χ2v) is 8.82. The number of anilines is 1. The molecule has 0 aliphatic heterocycles. The second-order valence-electron chi connectivity index (χ2n) is 8.38. The highest BCUT2D eigenvalue weighted by atomic mass is 35.5. The zero-order chi connectivity index (χ0) is 19.0. The Morgan fingerprint density at radius 3 is 1.76 bits per heavy atom. The van der Waals surface area contributed by atoms with E-state index in [-0.39, 0.29) is 22.5 Å². The summed E-state index contributed by atoms with van der Waals surface area (Å²) in [6.07, 6.45) is 0. The normalized spacial score (nSPS) is 12.1. The summed E-state index contributed by atoms with van der Waals surface area (Å²) >= 11 is 5.88. The molecule has 0 saturated heterocycles. The Kier molecular flexibility index (Phi) is 5.19. The molecule has 0 heterocycles. The van der Waals surface area contributed by atoms with Crippen molar-refractivity contribution in [2.45, 2.75) is 52.4 Å². The number of hydrogen-bond acceptors (Lipinski definition) is 2. The molecule has 2 N–H and O–H groups in total. The lowest BCUT2D eigenvalue weighted by Gasteiger charge is -2.28. The number of amides is 1. The molecule has 2 rings (SSSR count). The van der Waals surface area contributed by atoms with Crippen molar-refractivity contribution in [3.05, 3.63) is 58.1 Å². The number of benzene rings is 2. The molecule has 0 spiro atoms. The van der Waals surface area contributed by atoms with Crippen LogP contribution in [0.5, 0.6) is 5.75 Å². The SMILES string of the molecule is CC(C)(C)c1cc(C(=O)Nc2ccc(Cl)cc2)cc(C(C)(C)C)c1O. The van der Waals surface area contributed by atoms with Crippen LogP contribution in [-0.2, 0) is 10.8 Å². The van der Waals surface area contributed by atoms with Crippen LogP contribution in [0.3, 0.4) is 0 Å². The Bertz CT molecular complexity index is 746. The first-order valence-corrected chi connectivity index (χ1v) is 8.72. The van der Waals surface area contributed by atoms with Gasteiger partial charge in [0.1, 0.15) is 5.75 Å². The van der Waals surface area contributed by atoms with Gasteiger partial charge in [-0.2, -0.15) is 0 Å². The predicted molar refractivity (Wildman–Crippen MR) is 105 cm³/mol. The first kappa shape index (κ1) is 19.3. The van der Waals surface area contributed by atoms with Crippen molar-refractivity contribution in [3.8, 4) is 5.75 Å². The summed E-state index contributed by atoms with van der Waals surface area (Å²) in [5.74, 6) is 0.0568. The minimum Gasteiger partial charge on any atom is -0.507 e. The van der Waals surface area contributed by atoms with Gasteiger partial charge in [0.15, 0.2) is 0 Å². The fourth-order valence-electron chi connectivity index (χ4n) is 2.65. The molecule has 25 heavy (non-hydrogen) atoms. The summed E-state index contributed by atoms with van der Waals surface area (Å²) in [6, 6.07) is 10.5. The fourth-order valence-corrected chi connectivity index (χ4v) is 2.77. The zero-order valence-corrected chi connectivity index (χ0v) is 16.5. The molecule has 2 aromatic carbocycles. The van der Waals surface area contributed by atoms with Crippen molar-refractivity contribution in [2.24, 2.45) is 0 Å². The van der Waals surface area contributed by atoms with E-state index in [1.165, 1.54) is 0 Å². The summed E-state index contributed by atoms with van der Waals surface area (Å²) in [5, 5.41) is 14.2. The van der Waals surface area contributed by atoms with Gasteiger partial charge in [0, 0.05) is 27.4 Å². The van der Waals surface area contributed by atoms with Crippen molar-refractivity contribution < 1.29 is 9.90 Å². The number of hydrogen-bond donors (Lipinski definition) is 2. The van der Waals surface area contributed by atoms with Crippen LogP contribution in [0.4, 0.5) is 5.69 Å². The Balaban J connectivity index is 2.49. The van der Waals surface area contributed by atoms with E-state index < -0.39 is 0 Å². The molecule has 0 aromatic heterocycles. The lowest BCUT2D eigenvalue weighted by atomic mass is 9.78. The van der Waals surface area contributed by atoms with E-state index in [1.807, 2.05) is 41.5 Å². The van der Waals surface area contributed by atoms with Crippen LogP contribution in [0.2, 0.25) is 5.02 Å². The van der Waals surface area contributed by atoms with E-state index in [9.17, 15) is 9.90 Å². The Labute approximate surface area is 155 Å². The van der Waals surface area contributed by atoms with E-state index in [0.717, 1.165) is 11.1 Å². The predicted octanol–water partition coefficient (Wildman–Crippen LogP) is 5.89. The van der Waals surface area contributed by atoms with Crippen LogP contribution in [-0.4, -0.2) is 11.0 Å². The zero-order valence-electron chi connectivity index (χ0n) is 15.7. The topological polar surface area (TPSA) is 49.3 Å². The summed E-state index contributed by atoms with van der Waals surface area (Å²) in [5.41, 5.74) is 2.18. The highest BCUT2D eigenvalue weighted by Gasteiger charge is 2.27. The van der Waals surface area contributed by atoms with Crippen LogP contribution in [0.1, 0.15) is 63.0 Å². The van der Waals surface area contributed by atoms with Crippen molar-refractivity contribution >= 4 is 23.2 Å². The highest BCUT2D eigenvalue weighted by Crippen LogP contribution is 2.39. The van der Waals surface area contributed by atoms with Crippen LogP contribution in [0, 0.1) is 0 Å². The number of nitrogens with one attached hydrogen (secondary N) is 1. The lowest BCUT2D eigenvalue weighted by molar-refractivity contribution is 0.102. The third kappa shape index (κ3) is 4.55. The molecule has 0 fully saturated rings. The molecule has 0 atom stereocenters. The molecular formula is C21H26ClNO2. The monoisotopic (exact) mass is 359 g/mol. The molecule has 0 bridgehead atoms. The number of rotatable bonds is 2. The highest BCUT2D eigenvalue weighted by molar-refractivity contribution is 6.30. The third-order valence-electron chi connectivity index (χ3n) is 4.09. The first-order valence-electron chi connectivity index (χ1n) is 8.34. The van der Waals surface area contributed by atoms with Crippen molar-refractivity contribution in [1.82, 2.24) is 0 Å². The van der Waals surface area contributed by atoms with Gasteiger partial charge in [-0.1, -0.05) is 53.1 Å². The van der Waals surface area contributed by atoms with Gasteiger partial charge in [0.25, 0.3) is 5.91 Å². The van der Waals surface area contributed by atoms with E-state index in [4.69, 9.17) is 11.6 Å². The van der Waals surface area contributed by atoms with Crippen molar-refractivity contribution in [3.63, 3.8) is 0 Å². The summed E-state index contributed by atoms with van der Waals surface area (Å²) in [4.78, 5) is 12.7. The van der Waals surface area contributed by atoms with Crippen molar-refractivity contribution in [2.75, 3.05) is 5.32 Å². The maximum atomic E-state index is 12.7. The summed E-state index contributed by atoms with van der Waals surface area (Å²) in [6.45, 7) is 12.1. The Morgan fingerprint density at radius 1 is 0.920 bits per heavy atom. The molecule has 4 heteroatoms. The molecule has 0 radical (unpaired) electrons. The van der Waals surface area contributed by atoms with Gasteiger partial charge in [-0.3, -0.25) is 4.79 Å². The van der Waals surface area contributed by atoms with Gasteiger partial charge in [0.05, 0.1) is 0 Å². The molecule has 0 saturated carbocycles. The molecule has 0 unspecified atom stereocenters. The maximum absolute atomic E-state index is 12.7. The molecule has 2 aromatic rings. The van der Waals surface area contributed by atoms with E-state index in [0.29, 0.717) is 16.3 Å². The van der Waals surface area contributed by atoms with Gasteiger partial charge in [-0.25, -0.2) is 0 Å². The summed E-state index contributed by atoms with van der Waals surface area (Å²) < 4.78 is 0. The third-order valence-corrected chi connectivity index (χ3v) is 4.34. The summed E-state index contributed by atoms with van der Waals surface area (Å²) in [7, 11) is 0. The van der Waals surface area contributed by atoms with E-state index in [1.54, 1.807) is 36.4 Å². The first-order chi connectivity index (χ1) is 11.4.